The second kappa shape index (κ2) is 5.25. The van der Waals surface area contributed by atoms with Crippen molar-refractivity contribution in [3.05, 3.63) is 40.4 Å². The SMILES string of the molecule is O=c1ccc2cc(F)c(NC3CCC(O)CC3)cc2[nH]1. The van der Waals surface area contributed by atoms with E-state index in [0.717, 1.165) is 25.7 Å². The Hall–Kier alpha value is -1.88. The van der Waals surface area contributed by atoms with Crippen LogP contribution in [0.2, 0.25) is 0 Å². The number of hydrogen-bond acceptors (Lipinski definition) is 3. The maximum absolute atomic E-state index is 14.0. The first-order valence-corrected chi connectivity index (χ1v) is 6.89. The Morgan fingerprint density at radius 3 is 2.70 bits per heavy atom. The first-order chi connectivity index (χ1) is 9.61. The fraction of sp³-hybridized carbons (Fsp3) is 0.400. The molecule has 1 saturated carbocycles. The van der Waals surface area contributed by atoms with Crippen molar-refractivity contribution in [3.63, 3.8) is 0 Å². The second-order valence-corrected chi connectivity index (χ2v) is 5.39. The molecule has 0 amide bonds. The quantitative estimate of drug-likeness (QED) is 0.789. The van der Waals surface area contributed by atoms with E-state index in [1.165, 1.54) is 12.1 Å². The fourth-order valence-corrected chi connectivity index (χ4v) is 2.73. The minimum atomic E-state index is -0.323. The van der Waals surface area contributed by atoms with Gasteiger partial charge in [0.05, 0.1) is 17.3 Å². The molecule has 1 heterocycles. The number of hydrogen-bond donors (Lipinski definition) is 3. The first-order valence-electron chi connectivity index (χ1n) is 6.89. The van der Waals surface area contributed by atoms with Gasteiger partial charge in [-0.05, 0) is 43.9 Å². The van der Waals surface area contributed by atoms with E-state index < -0.39 is 0 Å². The van der Waals surface area contributed by atoms with Gasteiger partial charge in [0.1, 0.15) is 5.82 Å². The summed E-state index contributed by atoms with van der Waals surface area (Å²) in [6.07, 6.45) is 2.90. The number of fused-ring (bicyclic) bond motifs is 1. The Balaban J connectivity index is 1.87. The molecule has 4 nitrogen and oxygen atoms in total. The predicted octanol–water partition coefficient (Wildman–Crippen LogP) is 2.38. The summed E-state index contributed by atoms with van der Waals surface area (Å²) in [4.78, 5) is 14.0. The van der Waals surface area contributed by atoms with E-state index in [-0.39, 0.29) is 23.5 Å². The molecule has 20 heavy (non-hydrogen) atoms. The van der Waals surface area contributed by atoms with Gasteiger partial charge in [0.15, 0.2) is 0 Å². The Labute approximate surface area is 115 Å². The average molecular weight is 276 g/mol. The van der Waals surface area contributed by atoms with Gasteiger partial charge in [-0.2, -0.15) is 0 Å². The topological polar surface area (TPSA) is 65.1 Å². The lowest BCUT2D eigenvalue weighted by molar-refractivity contribution is 0.126. The van der Waals surface area contributed by atoms with Crippen LogP contribution in [0.15, 0.2) is 29.1 Å². The number of H-pyrrole nitrogens is 1. The summed E-state index contributed by atoms with van der Waals surface area (Å²) in [5.74, 6) is -0.323. The lowest BCUT2D eigenvalue weighted by atomic mass is 9.93. The molecule has 0 radical (unpaired) electrons. The van der Waals surface area contributed by atoms with E-state index in [4.69, 9.17) is 0 Å². The molecular weight excluding hydrogens is 259 g/mol. The molecule has 1 aliphatic carbocycles. The van der Waals surface area contributed by atoms with E-state index in [0.29, 0.717) is 16.6 Å². The molecule has 0 atom stereocenters. The largest absolute Gasteiger partial charge is 0.393 e. The molecule has 0 spiro atoms. The standard InChI is InChI=1S/C15H17FN2O2/c16-12-7-9-1-6-15(20)18-13(9)8-14(12)17-10-2-4-11(19)5-3-10/h1,6-8,10-11,17,19H,2-5H2,(H,18,20). The Morgan fingerprint density at radius 1 is 1.20 bits per heavy atom. The van der Waals surface area contributed by atoms with Gasteiger partial charge in [-0.25, -0.2) is 4.39 Å². The van der Waals surface area contributed by atoms with Crippen molar-refractivity contribution in [2.75, 3.05) is 5.32 Å². The fourth-order valence-electron chi connectivity index (χ4n) is 2.73. The van der Waals surface area contributed by atoms with Gasteiger partial charge in [0, 0.05) is 17.5 Å². The summed E-state index contributed by atoms with van der Waals surface area (Å²) in [5.41, 5.74) is 0.828. The number of aromatic nitrogens is 1. The van der Waals surface area contributed by atoms with Gasteiger partial charge < -0.3 is 15.4 Å². The first kappa shape index (κ1) is 13.1. The summed E-state index contributed by atoms with van der Waals surface area (Å²) in [5, 5.41) is 13.3. The monoisotopic (exact) mass is 276 g/mol. The van der Waals surface area contributed by atoms with Crippen LogP contribution >= 0.6 is 0 Å². The molecule has 106 valence electrons. The zero-order valence-electron chi connectivity index (χ0n) is 11.0. The van der Waals surface area contributed by atoms with Crippen LogP contribution in [0.25, 0.3) is 10.9 Å². The summed E-state index contributed by atoms with van der Waals surface area (Å²) in [6, 6.07) is 6.22. The smallest absolute Gasteiger partial charge is 0.248 e. The molecule has 1 fully saturated rings. The molecule has 1 aromatic carbocycles. The molecule has 0 unspecified atom stereocenters. The van der Waals surface area contributed by atoms with Crippen molar-refractivity contribution < 1.29 is 9.50 Å². The normalized spacial score (nSPS) is 22.9. The molecule has 2 aromatic rings. The van der Waals surface area contributed by atoms with E-state index in [1.54, 1.807) is 12.1 Å². The van der Waals surface area contributed by atoms with Gasteiger partial charge in [-0.3, -0.25) is 4.79 Å². The zero-order valence-corrected chi connectivity index (χ0v) is 11.0. The second-order valence-electron chi connectivity index (χ2n) is 5.39. The van der Waals surface area contributed by atoms with E-state index in [1.807, 2.05) is 0 Å². The Bertz CT molecular complexity index is 675. The number of nitrogens with one attached hydrogen (secondary N) is 2. The number of anilines is 1. The van der Waals surface area contributed by atoms with Crippen LogP contribution in [0.1, 0.15) is 25.7 Å². The average Bonchev–Trinajstić information content (AvgIpc) is 2.42. The number of aliphatic hydroxyl groups is 1. The van der Waals surface area contributed by atoms with E-state index in [2.05, 4.69) is 10.3 Å². The van der Waals surface area contributed by atoms with Crippen molar-refractivity contribution >= 4 is 16.6 Å². The highest BCUT2D eigenvalue weighted by atomic mass is 19.1. The number of pyridine rings is 1. The molecule has 0 saturated heterocycles. The lowest BCUT2D eigenvalue weighted by Crippen LogP contribution is -2.28. The highest BCUT2D eigenvalue weighted by Crippen LogP contribution is 2.26. The summed E-state index contributed by atoms with van der Waals surface area (Å²) in [6.45, 7) is 0. The van der Waals surface area contributed by atoms with Crippen LogP contribution in [0.4, 0.5) is 10.1 Å². The highest BCUT2D eigenvalue weighted by molar-refractivity contribution is 5.82. The van der Waals surface area contributed by atoms with Crippen LogP contribution in [0, 0.1) is 5.82 Å². The molecule has 0 aliphatic heterocycles. The van der Waals surface area contributed by atoms with Crippen molar-refractivity contribution in [3.8, 4) is 0 Å². The number of halogens is 1. The summed E-state index contributed by atoms with van der Waals surface area (Å²) < 4.78 is 14.0. The van der Waals surface area contributed by atoms with Gasteiger partial charge in [0.2, 0.25) is 5.56 Å². The minimum Gasteiger partial charge on any atom is -0.393 e. The van der Waals surface area contributed by atoms with Gasteiger partial charge in [-0.15, -0.1) is 0 Å². The van der Waals surface area contributed by atoms with Gasteiger partial charge in [-0.1, -0.05) is 0 Å². The third-order valence-electron chi connectivity index (χ3n) is 3.87. The van der Waals surface area contributed by atoms with Crippen LogP contribution in [0.3, 0.4) is 0 Å². The lowest BCUT2D eigenvalue weighted by Gasteiger charge is -2.27. The van der Waals surface area contributed by atoms with Crippen LogP contribution in [0.5, 0.6) is 0 Å². The van der Waals surface area contributed by atoms with Crippen LogP contribution in [-0.4, -0.2) is 22.2 Å². The van der Waals surface area contributed by atoms with Crippen LogP contribution < -0.4 is 10.9 Å². The van der Waals surface area contributed by atoms with Crippen molar-refractivity contribution in [1.29, 1.82) is 0 Å². The minimum absolute atomic E-state index is 0.167. The van der Waals surface area contributed by atoms with Crippen LogP contribution in [-0.2, 0) is 0 Å². The van der Waals surface area contributed by atoms with E-state index >= 15 is 0 Å². The zero-order chi connectivity index (χ0) is 14.1. The maximum atomic E-state index is 14.0. The molecule has 3 rings (SSSR count). The number of rotatable bonds is 2. The molecule has 5 heteroatoms. The van der Waals surface area contributed by atoms with Gasteiger partial charge in [0.25, 0.3) is 0 Å². The van der Waals surface area contributed by atoms with Crippen molar-refractivity contribution in [1.82, 2.24) is 4.98 Å². The van der Waals surface area contributed by atoms with Crippen molar-refractivity contribution in [2.24, 2.45) is 0 Å². The third-order valence-corrected chi connectivity index (χ3v) is 3.87. The molecule has 1 aromatic heterocycles. The Morgan fingerprint density at radius 2 is 1.95 bits per heavy atom. The van der Waals surface area contributed by atoms with E-state index in [9.17, 15) is 14.3 Å². The molecule has 3 N–H and O–H groups in total. The Kier molecular flexibility index (Phi) is 3.44. The third kappa shape index (κ3) is 2.67. The number of benzene rings is 1. The van der Waals surface area contributed by atoms with Crippen molar-refractivity contribution in [2.45, 2.75) is 37.8 Å². The predicted molar refractivity (Wildman–Crippen MR) is 76.4 cm³/mol. The number of aromatic amines is 1. The molecule has 1 aliphatic rings. The number of aliphatic hydroxyl groups excluding tert-OH is 1. The summed E-state index contributed by atoms with van der Waals surface area (Å²) in [7, 11) is 0. The summed E-state index contributed by atoms with van der Waals surface area (Å²) >= 11 is 0. The molecule has 0 bridgehead atoms. The molecular formula is C15H17FN2O2. The van der Waals surface area contributed by atoms with Gasteiger partial charge >= 0.3 is 0 Å². The maximum Gasteiger partial charge on any atom is 0.248 e. The highest BCUT2D eigenvalue weighted by Gasteiger charge is 2.20.